The van der Waals surface area contributed by atoms with Gasteiger partial charge in [0.05, 0.1) is 0 Å². The van der Waals surface area contributed by atoms with Gasteiger partial charge in [0.25, 0.3) is 0 Å². The molecule has 0 spiro atoms. The van der Waals surface area contributed by atoms with E-state index in [0.29, 0.717) is 12.1 Å². The van der Waals surface area contributed by atoms with Gasteiger partial charge in [0.2, 0.25) is 0 Å². The summed E-state index contributed by atoms with van der Waals surface area (Å²) in [5.74, 6) is 0. The first-order valence-electron chi connectivity index (χ1n) is 6.14. The maximum Gasteiger partial charge on any atom is 0.150 e. The molecule has 1 aromatic carbocycles. The highest BCUT2D eigenvalue weighted by atomic mass is 16.1. The van der Waals surface area contributed by atoms with Gasteiger partial charge in [-0.2, -0.15) is 0 Å². The monoisotopic (exact) mass is 232 g/mol. The number of likely N-dealkylation sites (N-methyl/N-ethyl adjacent to an activating group) is 1. The highest BCUT2D eigenvalue weighted by Gasteiger charge is 2.26. The molecule has 17 heavy (non-hydrogen) atoms. The fraction of sp³-hybridized carbons (Fsp3) is 0.500. The minimum atomic E-state index is 0.560. The van der Waals surface area contributed by atoms with Crippen LogP contribution in [0.5, 0.6) is 0 Å². The first-order valence-corrected chi connectivity index (χ1v) is 6.14. The zero-order valence-corrected chi connectivity index (χ0v) is 10.8. The molecule has 3 heteroatoms. The van der Waals surface area contributed by atoms with Crippen molar-refractivity contribution in [3.63, 3.8) is 0 Å². The number of nitrogens with zero attached hydrogens (tertiary/aromatic N) is 2. The summed E-state index contributed by atoms with van der Waals surface area (Å²) < 4.78 is 0. The Morgan fingerprint density at radius 2 is 1.65 bits per heavy atom. The van der Waals surface area contributed by atoms with Crippen LogP contribution in [0.4, 0.5) is 5.69 Å². The average Bonchev–Trinajstić information content (AvgIpc) is 2.35. The normalized spacial score (nSPS) is 25.9. The molecule has 2 unspecified atom stereocenters. The fourth-order valence-electron chi connectivity index (χ4n) is 2.38. The highest BCUT2D eigenvalue weighted by molar-refractivity contribution is 5.75. The molecule has 1 aromatic rings. The summed E-state index contributed by atoms with van der Waals surface area (Å²) in [4.78, 5) is 15.4. The number of rotatable bonds is 2. The highest BCUT2D eigenvalue weighted by Crippen LogP contribution is 2.21. The molecule has 2 atom stereocenters. The van der Waals surface area contributed by atoms with Crippen molar-refractivity contribution in [2.45, 2.75) is 25.9 Å². The zero-order chi connectivity index (χ0) is 12.4. The van der Waals surface area contributed by atoms with Crippen LogP contribution in [0.2, 0.25) is 0 Å². The van der Waals surface area contributed by atoms with E-state index in [-0.39, 0.29) is 0 Å². The lowest BCUT2D eigenvalue weighted by Gasteiger charge is -2.43. The summed E-state index contributed by atoms with van der Waals surface area (Å²) in [6, 6.07) is 8.96. The van der Waals surface area contributed by atoms with E-state index in [0.717, 1.165) is 24.9 Å². The molecular formula is C14H20N2O. The van der Waals surface area contributed by atoms with Crippen LogP contribution in [0.25, 0.3) is 0 Å². The van der Waals surface area contributed by atoms with Crippen molar-refractivity contribution in [1.29, 1.82) is 0 Å². The molecule has 1 aliphatic heterocycles. The Bertz CT molecular complexity index is 376. The number of hydrogen-bond acceptors (Lipinski definition) is 3. The molecule has 0 saturated carbocycles. The zero-order valence-electron chi connectivity index (χ0n) is 10.8. The summed E-state index contributed by atoms with van der Waals surface area (Å²) >= 11 is 0. The van der Waals surface area contributed by atoms with Gasteiger partial charge in [-0.15, -0.1) is 0 Å². The molecule has 1 saturated heterocycles. The third kappa shape index (κ3) is 2.50. The van der Waals surface area contributed by atoms with Gasteiger partial charge in [-0.3, -0.25) is 9.69 Å². The molecule has 1 aliphatic rings. The van der Waals surface area contributed by atoms with Crippen LogP contribution in [0.3, 0.4) is 0 Å². The number of aldehydes is 1. The predicted molar refractivity (Wildman–Crippen MR) is 70.7 cm³/mol. The van der Waals surface area contributed by atoms with Gasteiger partial charge in [-0.25, -0.2) is 0 Å². The van der Waals surface area contributed by atoms with Gasteiger partial charge in [-0.05, 0) is 45.2 Å². The van der Waals surface area contributed by atoms with Crippen LogP contribution >= 0.6 is 0 Å². The molecule has 1 fully saturated rings. The summed E-state index contributed by atoms with van der Waals surface area (Å²) in [5.41, 5.74) is 1.95. The number of benzene rings is 1. The second kappa shape index (κ2) is 4.88. The van der Waals surface area contributed by atoms with Crippen molar-refractivity contribution >= 4 is 12.0 Å². The van der Waals surface area contributed by atoms with Gasteiger partial charge >= 0.3 is 0 Å². The predicted octanol–water partition coefficient (Wildman–Crippen LogP) is 2.03. The van der Waals surface area contributed by atoms with Crippen LogP contribution in [-0.2, 0) is 0 Å². The SMILES string of the molecule is CC1CN(c2ccc(C=O)cc2)CC(C)N1C. The Balaban J connectivity index is 2.14. The minimum absolute atomic E-state index is 0.560. The van der Waals surface area contributed by atoms with Crippen LogP contribution in [0, 0.1) is 0 Å². The third-order valence-electron chi connectivity index (χ3n) is 3.75. The lowest BCUT2D eigenvalue weighted by atomic mass is 10.1. The lowest BCUT2D eigenvalue weighted by molar-refractivity contribution is 0.112. The van der Waals surface area contributed by atoms with Crippen molar-refractivity contribution < 1.29 is 4.79 Å². The van der Waals surface area contributed by atoms with Gasteiger partial charge in [-0.1, -0.05) is 0 Å². The summed E-state index contributed by atoms with van der Waals surface area (Å²) in [7, 11) is 2.18. The Morgan fingerprint density at radius 1 is 1.12 bits per heavy atom. The van der Waals surface area contributed by atoms with Crippen LogP contribution in [-0.4, -0.2) is 43.4 Å². The third-order valence-corrected chi connectivity index (χ3v) is 3.75. The maximum absolute atomic E-state index is 10.6. The van der Waals surface area contributed by atoms with Crippen molar-refractivity contribution in [1.82, 2.24) is 4.90 Å². The molecule has 1 heterocycles. The van der Waals surface area contributed by atoms with E-state index in [4.69, 9.17) is 0 Å². The Morgan fingerprint density at radius 3 is 2.12 bits per heavy atom. The van der Waals surface area contributed by atoms with E-state index >= 15 is 0 Å². The van der Waals surface area contributed by atoms with E-state index in [1.165, 1.54) is 5.69 Å². The average molecular weight is 232 g/mol. The van der Waals surface area contributed by atoms with E-state index < -0.39 is 0 Å². The molecule has 0 aliphatic carbocycles. The van der Waals surface area contributed by atoms with Gasteiger partial charge in [0, 0.05) is 36.4 Å². The van der Waals surface area contributed by atoms with E-state index in [2.05, 4.69) is 30.7 Å². The summed E-state index contributed by atoms with van der Waals surface area (Å²) in [5, 5.41) is 0. The standard InChI is InChI=1S/C14H20N2O/c1-11-8-16(9-12(2)15(11)3)14-6-4-13(10-17)5-7-14/h4-7,10-12H,8-9H2,1-3H3. The molecule has 2 rings (SSSR count). The van der Waals surface area contributed by atoms with Crippen LogP contribution in [0.15, 0.2) is 24.3 Å². The number of anilines is 1. The second-order valence-electron chi connectivity index (χ2n) is 4.98. The Labute approximate surface area is 103 Å². The van der Waals surface area contributed by atoms with E-state index in [1.807, 2.05) is 24.3 Å². The summed E-state index contributed by atoms with van der Waals surface area (Å²) in [6.45, 7) is 6.59. The molecule has 0 radical (unpaired) electrons. The molecule has 0 N–H and O–H groups in total. The van der Waals surface area contributed by atoms with Gasteiger partial charge in [0.1, 0.15) is 6.29 Å². The summed E-state index contributed by atoms with van der Waals surface area (Å²) in [6.07, 6.45) is 0.888. The number of carbonyl (C=O) groups is 1. The molecule has 0 aromatic heterocycles. The quantitative estimate of drug-likeness (QED) is 0.729. The lowest BCUT2D eigenvalue weighted by Crippen LogP contribution is -2.55. The molecule has 0 bridgehead atoms. The number of hydrogen-bond donors (Lipinski definition) is 0. The van der Waals surface area contributed by atoms with E-state index in [9.17, 15) is 4.79 Å². The largest absolute Gasteiger partial charge is 0.368 e. The smallest absolute Gasteiger partial charge is 0.150 e. The minimum Gasteiger partial charge on any atom is -0.368 e. The first-order chi connectivity index (χ1) is 8.11. The van der Waals surface area contributed by atoms with Crippen molar-refractivity contribution in [3.8, 4) is 0 Å². The fourth-order valence-corrected chi connectivity index (χ4v) is 2.38. The molecule has 0 amide bonds. The maximum atomic E-state index is 10.6. The second-order valence-corrected chi connectivity index (χ2v) is 4.98. The Hall–Kier alpha value is -1.35. The van der Waals surface area contributed by atoms with Gasteiger partial charge in [0.15, 0.2) is 0 Å². The van der Waals surface area contributed by atoms with Crippen LogP contribution in [0.1, 0.15) is 24.2 Å². The first kappa shape index (κ1) is 12.1. The van der Waals surface area contributed by atoms with E-state index in [1.54, 1.807) is 0 Å². The molecule has 3 nitrogen and oxygen atoms in total. The Kier molecular flexibility index (Phi) is 3.48. The number of piperazine rings is 1. The van der Waals surface area contributed by atoms with Crippen molar-refractivity contribution in [3.05, 3.63) is 29.8 Å². The van der Waals surface area contributed by atoms with Gasteiger partial charge < -0.3 is 4.90 Å². The molecular weight excluding hydrogens is 212 g/mol. The number of carbonyl (C=O) groups excluding carboxylic acids is 1. The van der Waals surface area contributed by atoms with Crippen molar-refractivity contribution in [2.24, 2.45) is 0 Å². The van der Waals surface area contributed by atoms with Crippen LogP contribution < -0.4 is 4.90 Å². The van der Waals surface area contributed by atoms with Crippen molar-refractivity contribution in [2.75, 3.05) is 25.0 Å². The molecule has 92 valence electrons. The topological polar surface area (TPSA) is 23.6 Å².